The highest BCUT2D eigenvalue weighted by molar-refractivity contribution is 6.68. The van der Waals surface area contributed by atoms with Crippen molar-refractivity contribution in [2.45, 2.75) is 43.6 Å². The van der Waals surface area contributed by atoms with Gasteiger partial charge in [0.15, 0.2) is 0 Å². The summed E-state index contributed by atoms with van der Waals surface area (Å²) in [4.78, 5) is 14.0. The molecule has 1 amide bonds. The molecule has 1 fully saturated rings. The summed E-state index contributed by atoms with van der Waals surface area (Å²) in [6.07, 6.45) is 1.59. The van der Waals surface area contributed by atoms with E-state index < -0.39 is 15.4 Å². The van der Waals surface area contributed by atoms with Crippen LogP contribution in [0.4, 0.5) is 0 Å². The van der Waals surface area contributed by atoms with Crippen LogP contribution in [0.3, 0.4) is 0 Å². The van der Waals surface area contributed by atoms with E-state index in [1.807, 2.05) is 25.7 Å². The van der Waals surface area contributed by atoms with Crippen molar-refractivity contribution >= 4 is 40.7 Å². The molecule has 0 saturated carbocycles. The van der Waals surface area contributed by atoms with Gasteiger partial charge in [0.2, 0.25) is 9.70 Å². The highest BCUT2D eigenvalue weighted by Crippen LogP contribution is 2.34. The lowest BCUT2D eigenvalue weighted by Crippen LogP contribution is -2.56. The van der Waals surface area contributed by atoms with Crippen molar-refractivity contribution in [1.29, 1.82) is 0 Å². The average molecular weight is 302 g/mol. The third-order valence-electron chi connectivity index (χ3n) is 2.76. The van der Waals surface area contributed by atoms with Gasteiger partial charge in [-0.05, 0) is 12.8 Å². The average Bonchev–Trinajstić information content (AvgIpc) is 2.62. The summed E-state index contributed by atoms with van der Waals surface area (Å²) in [5, 5.41) is 2.83. The number of carbonyl (C=O) groups is 1. The largest absolute Gasteiger partial charge is 0.336 e. The van der Waals surface area contributed by atoms with E-state index in [4.69, 9.17) is 34.8 Å². The second-order valence-corrected chi connectivity index (χ2v) is 7.78. The number of carbonyl (C=O) groups excluding carboxylic acids is 1. The van der Waals surface area contributed by atoms with Crippen molar-refractivity contribution in [3.63, 3.8) is 0 Å². The zero-order chi connectivity index (χ0) is 13.3. The van der Waals surface area contributed by atoms with Crippen molar-refractivity contribution in [2.75, 3.05) is 13.1 Å². The molecule has 6 heteroatoms. The van der Waals surface area contributed by atoms with Crippen LogP contribution in [0.1, 0.15) is 33.6 Å². The Morgan fingerprint density at radius 2 is 1.65 bits per heavy atom. The molecule has 3 nitrogen and oxygen atoms in total. The lowest BCUT2D eigenvalue weighted by atomic mass is 9.95. The lowest BCUT2D eigenvalue weighted by molar-refractivity contribution is -0.130. The van der Waals surface area contributed by atoms with E-state index in [0.717, 1.165) is 25.9 Å². The molecule has 100 valence electrons. The fourth-order valence-electron chi connectivity index (χ4n) is 1.72. The molecular weight excluding hydrogens is 282 g/mol. The first-order chi connectivity index (χ1) is 7.62. The molecule has 0 unspecified atom stereocenters. The minimum Gasteiger partial charge on any atom is -0.336 e. The van der Waals surface area contributed by atoms with Gasteiger partial charge < -0.3 is 5.32 Å². The number of alkyl halides is 3. The predicted octanol–water partition coefficient (Wildman–Crippen LogP) is 2.94. The summed E-state index contributed by atoms with van der Waals surface area (Å²) in [6.45, 7) is 7.21. The van der Waals surface area contributed by atoms with Gasteiger partial charge in [-0.15, -0.1) is 0 Å². The Morgan fingerprint density at radius 3 is 2.00 bits per heavy atom. The third kappa shape index (κ3) is 4.47. The number of hydrogen-bond acceptors (Lipinski definition) is 2. The minimum atomic E-state index is -1.51. The Hall–Kier alpha value is 0.300. The number of nitrogens with one attached hydrogen (secondary N) is 1. The van der Waals surface area contributed by atoms with Gasteiger partial charge in [0.25, 0.3) is 0 Å². The summed E-state index contributed by atoms with van der Waals surface area (Å²) >= 11 is 17.8. The second-order valence-electron chi connectivity index (χ2n) is 5.41. The number of halogens is 3. The van der Waals surface area contributed by atoms with Crippen molar-refractivity contribution in [3.8, 4) is 0 Å². The van der Waals surface area contributed by atoms with Crippen LogP contribution in [0, 0.1) is 5.41 Å². The van der Waals surface area contributed by atoms with Crippen LogP contribution in [0.5, 0.6) is 0 Å². The molecule has 1 N–H and O–H groups in total. The van der Waals surface area contributed by atoms with Crippen molar-refractivity contribution in [2.24, 2.45) is 5.41 Å². The van der Waals surface area contributed by atoms with E-state index in [-0.39, 0.29) is 5.91 Å². The van der Waals surface area contributed by atoms with Gasteiger partial charge in [0, 0.05) is 18.5 Å². The van der Waals surface area contributed by atoms with Crippen LogP contribution >= 0.6 is 34.8 Å². The van der Waals surface area contributed by atoms with Crippen molar-refractivity contribution < 1.29 is 4.79 Å². The van der Waals surface area contributed by atoms with Gasteiger partial charge in [-0.25, -0.2) is 0 Å². The Labute approximate surface area is 118 Å². The Morgan fingerprint density at radius 1 is 1.18 bits per heavy atom. The molecule has 0 aromatic rings. The smallest absolute Gasteiger partial charge is 0.226 e. The van der Waals surface area contributed by atoms with Crippen molar-refractivity contribution in [3.05, 3.63) is 0 Å². The Balaban J connectivity index is 2.74. The number of hydrogen-bond donors (Lipinski definition) is 1. The SMILES string of the molecule is CC(C)(C)C(=O)N[C@H](N1CCCC1)C(Cl)(Cl)Cl. The van der Waals surface area contributed by atoms with Crippen molar-refractivity contribution in [1.82, 2.24) is 10.2 Å². The molecule has 1 heterocycles. The van der Waals surface area contributed by atoms with E-state index in [0.29, 0.717) is 0 Å². The topological polar surface area (TPSA) is 32.3 Å². The summed E-state index contributed by atoms with van der Waals surface area (Å²) in [5.74, 6) is -0.110. The number of nitrogens with zero attached hydrogens (tertiary/aromatic N) is 1. The summed E-state index contributed by atoms with van der Waals surface area (Å²) in [7, 11) is 0. The monoisotopic (exact) mass is 300 g/mol. The zero-order valence-corrected chi connectivity index (χ0v) is 12.7. The summed E-state index contributed by atoms with van der Waals surface area (Å²) < 4.78 is -1.51. The maximum Gasteiger partial charge on any atom is 0.226 e. The maximum absolute atomic E-state index is 12.0. The normalized spacial score (nSPS) is 20.4. The zero-order valence-electron chi connectivity index (χ0n) is 10.4. The van der Waals surface area contributed by atoms with Crippen LogP contribution in [-0.4, -0.2) is 33.9 Å². The van der Waals surface area contributed by atoms with Gasteiger partial charge in [0.1, 0.15) is 6.17 Å². The molecule has 1 saturated heterocycles. The van der Waals surface area contributed by atoms with Gasteiger partial charge in [0.05, 0.1) is 0 Å². The Kier molecular flexibility index (Phi) is 4.98. The highest BCUT2D eigenvalue weighted by Gasteiger charge is 2.40. The quantitative estimate of drug-likeness (QED) is 0.795. The summed E-state index contributed by atoms with van der Waals surface area (Å²) in [6, 6.07) is 0. The van der Waals surface area contributed by atoms with Gasteiger partial charge in [-0.1, -0.05) is 55.6 Å². The molecule has 1 atom stereocenters. The fraction of sp³-hybridized carbons (Fsp3) is 0.909. The molecule has 0 radical (unpaired) electrons. The van der Waals surface area contributed by atoms with E-state index >= 15 is 0 Å². The third-order valence-corrected chi connectivity index (χ3v) is 3.38. The molecule has 1 aliphatic rings. The van der Waals surface area contributed by atoms with Crippen LogP contribution < -0.4 is 5.32 Å². The molecule has 0 aliphatic carbocycles. The van der Waals surface area contributed by atoms with E-state index in [1.165, 1.54) is 0 Å². The van der Waals surface area contributed by atoms with E-state index in [1.54, 1.807) is 0 Å². The highest BCUT2D eigenvalue weighted by atomic mass is 35.6. The number of amides is 1. The molecule has 0 aromatic carbocycles. The molecule has 17 heavy (non-hydrogen) atoms. The first kappa shape index (κ1) is 15.4. The first-order valence-corrected chi connectivity index (χ1v) is 6.87. The molecule has 0 aromatic heterocycles. The Bertz CT molecular complexity index is 277. The van der Waals surface area contributed by atoms with Gasteiger partial charge in [-0.3, -0.25) is 9.69 Å². The van der Waals surface area contributed by atoms with Gasteiger partial charge in [-0.2, -0.15) is 0 Å². The molecule has 0 bridgehead atoms. The fourth-order valence-corrected chi connectivity index (χ4v) is 2.30. The van der Waals surface area contributed by atoms with Crippen LogP contribution in [0.15, 0.2) is 0 Å². The summed E-state index contributed by atoms with van der Waals surface area (Å²) in [5.41, 5.74) is -0.492. The van der Waals surface area contributed by atoms with E-state index in [9.17, 15) is 4.79 Å². The molecule has 1 rings (SSSR count). The van der Waals surface area contributed by atoms with Crippen LogP contribution in [-0.2, 0) is 4.79 Å². The standard InChI is InChI=1S/C11H19Cl3N2O/c1-10(2,3)9(17)15-8(11(12,13)14)16-6-4-5-7-16/h8H,4-7H2,1-3H3,(H,15,17)/t8-/m1/s1. The van der Waals surface area contributed by atoms with E-state index in [2.05, 4.69) is 5.32 Å². The van der Waals surface area contributed by atoms with Gasteiger partial charge >= 0.3 is 0 Å². The number of rotatable bonds is 2. The molecule has 1 aliphatic heterocycles. The number of likely N-dealkylation sites (tertiary alicyclic amines) is 1. The van der Waals surface area contributed by atoms with Crippen LogP contribution in [0.2, 0.25) is 0 Å². The minimum absolute atomic E-state index is 0.110. The first-order valence-electron chi connectivity index (χ1n) is 5.74. The lowest BCUT2D eigenvalue weighted by Gasteiger charge is -2.35. The maximum atomic E-state index is 12.0. The molecular formula is C11H19Cl3N2O. The molecule has 0 spiro atoms. The van der Waals surface area contributed by atoms with Crippen LogP contribution in [0.25, 0.3) is 0 Å². The second kappa shape index (κ2) is 5.52. The predicted molar refractivity (Wildman–Crippen MR) is 72.5 cm³/mol.